The van der Waals surface area contributed by atoms with E-state index in [0.29, 0.717) is 0 Å². The molecule has 0 radical (unpaired) electrons. The number of aromatic nitrogens is 3. The Morgan fingerprint density at radius 1 is 1.12 bits per heavy atom. The van der Waals surface area contributed by atoms with Gasteiger partial charge in [-0.2, -0.15) is 15.4 Å². The summed E-state index contributed by atoms with van der Waals surface area (Å²) in [5, 5.41) is 9.33. The summed E-state index contributed by atoms with van der Waals surface area (Å²) in [6, 6.07) is 7.63. The minimum atomic E-state index is -1.05. The van der Waals surface area contributed by atoms with Crippen molar-refractivity contribution >= 4 is 17.4 Å². The Balaban J connectivity index is 0.000000162. The molecular weight excluding hydrogens is 224 g/mol. The number of aromatic amines is 1. The molecule has 0 aliphatic carbocycles. The molecule has 1 aromatic heterocycles. The van der Waals surface area contributed by atoms with E-state index in [9.17, 15) is 4.55 Å². The molecule has 0 saturated heterocycles. The zero-order chi connectivity index (χ0) is 11.2. The fourth-order valence-electron chi connectivity index (χ4n) is 1.20. The van der Waals surface area contributed by atoms with Gasteiger partial charge in [0.25, 0.3) is 0 Å². The first-order chi connectivity index (χ1) is 7.88. The van der Waals surface area contributed by atoms with E-state index in [1.165, 1.54) is 0 Å². The highest BCUT2D eigenvalue weighted by Crippen LogP contribution is 2.19. The van der Waals surface area contributed by atoms with Crippen molar-refractivity contribution in [1.82, 2.24) is 20.1 Å². The van der Waals surface area contributed by atoms with E-state index in [4.69, 9.17) is 0 Å². The summed E-state index contributed by atoms with van der Waals surface area (Å²) in [6.45, 7) is 0. The van der Waals surface area contributed by atoms with Crippen LogP contribution in [0.15, 0.2) is 47.8 Å². The fraction of sp³-hybridized carbons (Fsp3) is 0. The number of H-pyrrole nitrogens is 1. The predicted octanol–water partition coefficient (Wildman–Crippen LogP) is 1.09. The maximum absolute atomic E-state index is 11.2. The Hall–Kier alpha value is -1.79. The van der Waals surface area contributed by atoms with Crippen LogP contribution in [0.5, 0.6) is 0 Å². The van der Waals surface area contributed by atoms with Gasteiger partial charge in [-0.1, -0.05) is 12.1 Å². The van der Waals surface area contributed by atoms with Crippen molar-refractivity contribution in [3.05, 3.63) is 48.4 Å². The minimum Gasteiger partial charge on any atom is -0.588 e. The van der Waals surface area contributed by atoms with Gasteiger partial charge in [0.15, 0.2) is 4.90 Å². The SMILES string of the molecule is [O-][S+]1NC=Cc2ccccc21.c1cn[nH]n1. The van der Waals surface area contributed by atoms with Crippen molar-refractivity contribution in [3.8, 4) is 0 Å². The lowest BCUT2D eigenvalue weighted by Gasteiger charge is -2.13. The lowest BCUT2D eigenvalue weighted by Crippen LogP contribution is -2.21. The molecule has 1 atom stereocenters. The van der Waals surface area contributed by atoms with Gasteiger partial charge in [-0.25, -0.2) is 4.72 Å². The van der Waals surface area contributed by atoms with Crippen molar-refractivity contribution in [1.29, 1.82) is 0 Å². The number of fused-ring (bicyclic) bond motifs is 1. The molecule has 1 aromatic carbocycles. The number of hydrogen-bond acceptors (Lipinski definition) is 4. The molecule has 2 heterocycles. The summed E-state index contributed by atoms with van der Waals surface area (Å²) in [5.41, 5.74) is 1.03. The van der Waals surface area contributed by atoms with Crippen molar-refractivity contribution in [2.75, 3.05) is 0 Å². The van der Waals surface area contributed by atoms with Crippen LogP contribution in [0.1, 0.15) is 5.56 Å². The summed E-state index contributed by atoms with van der Waals surface area (Å²) in [5.74, 6) is 0. The summed E-state index contributed by atoms with van der Waals surface area (Å²) in [6.07, 6.45) is 6.79. The second-order valence-electron chi connectivity index (χ2n) is 2.91. The Kier molecular flexibility index (Phi) is 3.58. The number of nitrogens with one attached hydrogen (secondary N) is 2. The third-order valence-corrected chi connectivity index (χ3v) is 3.01. The van der Waals surface area contributed by atoms with Crippen LogP contribution in [-0.4, -0.2) is 20.0 Å². The van der Waals surface area contributed by atoms with Gasteiger partial charge >= 0.3 is 0 Å². The third kappa shape index (κ3) is 2.62. The summed E-state index contributed by atoms with van der Waals surface area (Å²) < 4.78 is 14.0. The maximum atomic E-state index is 11.2. The van der Waals surface area contributed by atoms with Crippen LogP contribution in [0.4, 0.5) is 0 Å². The zero-order valence-electron chi connectivity index (χ0n) is 8.33. The van der Waals surface area contributed by atoms with Crippen LogP contribution in [0.3, 0.4) is 0 Å². The lowest BCUT2D eigenvalue weighted by atomic mass is 10.2. The monoisotopic (exact) mass is 234 g/mol. The molecule has 0 saturated carbocycles. The number of nitrogens with zero attached hydrogens (tertiary/aromatic N) is 2. The first-order valence-corrected chi connectivity index (χ1v) is 5.76. The molecule has 2 aromatic rings. The van der Waals surface area contributed by atoms with Gasteiger partial charge < -0.3 is 4.55 Å². The summed E-state index contributed by atoms with van der Waals surface area (Å²) in [7, 11) is 0. The van der Waals surface area contributed by atoms with Crippen LogP contribution in [0, 0.1) is 0 Å². The topological polar surface area (TPSA) is 76.7 Å². The van der Waals surface area contributed by atoms with E-state index < -0.39 is 11.4 Å². The number of benzene rings is 1. The maximum Gasteiger partial charge on any atom is 0.187 e. The number of hydrogen-bond donors (Lipinski definition) is 2. The van der Waals surface area contributed by atoms with Crippen LogP contribution >= 0.6 is 0 Å². The molecule has 1 aliphatic rings. The average molecular weight is 234 g/mol. The van der Waals surface area contributed by atoms with Crippen molar-refractivity contribution in [3.63, 3.8) is 0 Å². The molecule has 0 amide bonds. The molecule has 1 unspecified atom stereocenters. The van der Waals surface area contributed by atoms with E-state index in [1.54, 1.807) is 18.6 Å². The molecule has 5 nitrogen and oxygen atoms in total. The van der Waals surface area contributed by atoms with Crippen LogP contribution in [0.2, 0.25) is 0 Å². The van der Waals surface area contributed by atoms with Gasteiger partial charge in [-0.3, -0.25) is 0 Å². The van der Waals surface area contributed by atoms with Crippen molar-refractivity contribution in [2.45, 2.75) is 4.90 Å². The second kappa shape index (κ2) is 5.34. The van der Waals surface area contributed by atoms with Crippen LogP contribution in [-0.2, 0) is 11.4 Å². The van der Waals surface area contributed by atoms with Crippen LogP contribution < -0.4 is 4.72 Å². The van der Waals surface area contributed by atoms with E-state index in [2.05, 4.69) is 20.1 Å². The quantitative estimate of drug-likeness (QED) is 0.669. The Morgan fingerprint density at radius 2 is 1.88 bits per heavy atom. The van der Waals surface area contributed by atoms with Gasteiger partial charge in [0.2, 0.25) is 0 Å². The normalized spacial score (nSPS) is 16.7. The molecule has 0 fully saturated rings. The molecule has 0 spiro atoms. The largest absolute Gasteiger partial charge is 0.588 e. The molecule has 3 rings (SSSR count). The molecule has 6 heteroatoms. The minimum absolute atomic E-state index is 0.856. The first-order valence-electron chi connectivity index (χ1n) is 4.61. The Morgan fingerprint density at radius 3 is 2.50 bits per heavy atom. The number of rotatable bonds is 0. The van der Waals surface area contributed by atoms with Crippen molar-refractivity contribution < 1.29 is 4.55 Å². The standard InChI is InChI=1S/C8H7NOS.C2H3N3/c10-11-8-4-2-1-3-7(8)5-6-9-11;1-2-4-5-3-1/h1-6,9H;1-2H,(H,3,4,5). The van der Waals surface area contributed by atoms with Gasteiger partial charge in [0, 0.05) is 11.8 Å². The third-order valence-electron chi connectivity index (χ3n) is 1.89. The highest BCUT2D eigenvalue weighted by atomic mass is 32.2. The second-order valence-corrected chi connectivity index (χ2v) is 4.13. The molecular formula is C10H10N4OS. The highest BCUT2D eigenvalue weighted by molar-refractivity contribution is 7.89. The van der Waals surface area contributed by atoms with Gasteiger partial charge in [0.05, 0.1) is 12.4 Å². The van der Waals surface area contributed by atoms with E-state index >= 15 is 0 Å². The Labute approximate surface area is 95.9 Å². The molecule has 1 aliphatic heterocycles. The molecule has 82 valence electrons. The molecule has 16 heavy (non-hydrogen) atoms. The fourth-order valence-corrected chi connectivity index (χ4v) is 2.07. The first kappa shape index (κ1) is 10.7. The van der Waals surface area contributed by atoms with Crippen molar-refractivity contribution in [2.24, 2.45) is 0 Å². The highest BCUT2D eigenvalue weighted by Gasteiger charge is 2.16. The zero-order valence-corrected chi connectivity index (χ0v) is 9.15. The molecule has 2 N–H and O–H groups in total. The average Bonchev–Trinajstić information content (AvgIpc) is 2.88. The van der Waals surface area contributed by atoms with Gasteiger partial charge in [-0.05, 0) is 18.2 Å². The lowest BCUT2D eigenvalue weighted by molar-refractivity contribution is 0.588. The van der Waals surface area contributed by atoms with E-state index in [-0.39, 0.29) is 0 Å². The predicted molar refractivity (Wildman–Crippen MR) is 61.4 cm³/mol. The van der Waals surface area contributed by atoms with E-state index in [1.807, 2.05) is 30.3 Å². The summed E-state index contributed by atoms with van der Waals surface area (Å²) in [4.78, 5) is 0.856. The Bertz CT molecular complexity index is 440. The van der Waals surface area contributed by atoms with E-state index in [0.717, 1.165) is 10.5 Å². The summed E-state index contributed by atoms with van der Waals surface area (Å²) >= 11 is -1.05. The van der Waals surface area contributed by atoms with Crippen LogP contribution in [0.25, 0.3) is 6.08 Å². The van der Waals surface area contributed by atoms with Gasteiger partial charge in [-0.15, -0.1) is 0 Å². The van der Waals surface area contributed by atoms with Gasteiger partial charge in [0.1, 0.15) is 11.4 Å². The smallest absolute Gasteiger partial charge is 0.187 e. The molecule has 0 bridgehead atoms.